The molecule has 0 aliphatic rings. The number of furan rings is 1. The zero-order chi connectivity index (χ0) is 19.5. The van der Waals surface area contributed by atoms with E-state index >= 15 is 0 Å². The first-order chi connectivity index (χ1) is 13.6. The van der Waals surface area contributed by atoms with Crippen molar-refractivity contribution >= 4 is 52.5 Å². The van der Waals surface area contributed by atoms with E-state index in [0.29, 0.717) is 27.1 Å². The topological polar surface area (TPSA) is 109 Å². The van der Waals surface area contributed by atoms with Gasteiger partial charge in [0.2, 0.25) is 0 Å². The number of para-hydroxylation sites is 2. The number of aromatic amines is 1. The largest absolute Gasteiger partial charge is 0.450 e. The maximum atomic E-state index is 10.8. The van der Waals surface area contributed by atoms with E-state index in [0.717, 1.165) is 11.0 Å². The number of H-pyrrole nitrogens is 1. The van der Waals surface area contributed by atoms with Crippen molar-refractivity contribution in [1.82, 2.24) is 9.97 Å². The lowest BCUT2D eigenvalue weighted by molar-refractivity contribution is -0.384. The van der Waals surface area contributed by atoms with Crippen LogP contribution in [0, 0.1) is 21.4 Å². The second-order valence-electron chi connectivity index (χ2n) is 5.79. The average Bonchev–Trinajstić information content (AvgIpc) is 3.32. The molecule has 0 aliphatic carbocycles. The maximum absolute atomic E-state index is 10.8. The van der Waals surface area contributed by atoms with Crippen LogP contribution in [0.15, 0.2) is 75.3 Å². The summed E-state index contributed by atoms with van der Waals surface area (Å²) in [5, 5.41) is 21.5. The molecule has 0 amide bonds. The van der Waals surface area contributed by atoms with Gasteiger partial charge in [-0.15, -0.1) is 12.4 Å². The fourth-order valence-electron chi connectivity index (χ4n) is 2.62. The van der Waals surface area contributed by atoms with E-state index in [1.54, 1.807) is 30.3 Å². The Morgan fingerprint density at radius 3 is 2.62 bits per heavy atom. The Morgan fingerprint density at radius 2 is 1.93 bits per heavy atom. The molecule has 4 aromatic rings. The standard InChI is InChI=1S/C20H12N4O3S.ClH/c21-12-14(13-5-7-15(8-6-13)24(25)26)11-16-9-10-19(27-16)28-20-22-17-3-1-2-4-18(17)23-20;/h1-11H,(H,22,23);1H. The van der Waals surface area contributed by atoms with Gasteiger partial charge in [0.1, 0.15) is 5.76 Å². The minimum absolute atomic E-state index is 0. The van der Waals surface area contributed by atoms with Gasteiger partial charge in [0, 0.05) is 12.1 Å². The molecular weight excluding hydrogens is 412 g/mol. The number of aromatic nitrogens is 2. The van der Waals surface area contributed by atoms with Crippen LogP contribution < -0.4 is 0 Å². The molecule has 1 N–H and O–H groups in total. The number of benzene rings is 2. The minimum atomic E-state index is -0.479. The van der Waals surface area contributed by atoms with Gasteiger partial charge >= 0.3 is 0 Å². The first kappa shape index (κ1) is 20.2. The molecule has 2 aromatic heterocycles. The minimum Gasteiger partial charge on any atom is -0.450 e. The number of imidazole rings is 1. The van der Waals surface area contributed by atoms with Crippen LogP contribution in [0.2, 0.25) is 0 Å². The maximum Gasteiger partial charge on any atom is 0.269 e. The van der Waals surface area contributed by atoms with Crippen molar-refractivity contribution in [2.24, 2.45) is 0 Å². The number of fused-ring (bicyclic) bond motifs is 1. The molecule has 0 unspecified atom stereocenters. The average molecular weight is 425 g/mol. The number of nitrogens with one attached hydrogen (secondary N) is 1. The molecule has 0 fully saturated rings. The normalized spacial score (nSPS) is 11.1. The SMILES string of the molecule is Cl.N#CC(=Cc1ccc(Sc2nc3ccccc3[nH]2)o1)c1ccc([N+](=O)[O-])cc1. The highest BCUT2D eigenvalue weighted by atomic mass is 35.5. The summed E-state index contributed by atoms with van der Waals surface area (Å²) in [7, 11) is 0. The number of nitro benzene ring substituents is 1. The van der Waals surface area contributed by atoms with Gasteiger partial charge in [0.25, 0.3) is 5.69 Å². The molecule has 0 bridgehead atoms. The van der Waals surface area contributed by atoms with Gasteiger partial charge < -0.3 is 9.40 Å². The lowest BCUT2D eigenvalue weighted by atomic mass is 10.1. The number of rotatable bonds is 5. The van der Waals surface area contributed by atoms with Crippen molar-refractivity contribution in [1.29, 1.82) is 5.26 Å². The molecule has 2 aromatic carbocycles. The highest BCUT2D eigenvalue weighted by Gasteiger charge is 2.10. The quantitative estimate of drug-likeness (QED) is 0.250. The molecular formula is C20H13ClN4O3S. The van der Waals surface area contributed by atoms with Crippen LogP contribution in [-0.2, 0) is 0 Å². The number of nitrogens with zero attached hydrogens (tertiary/aromatic N) is 3. The van der Waals surface area contributed by atoms with E-state index in [4.69, 9.17) is 4.42 Å². The van der Waals surface area contributed by atoms with Crippen LogP contribution >= 0.6 is 24.2 Å². The zero-order valence-corrected chi connectivity index (χ0v) is 16.4. The first-order valence-corrected chi connectivity index (χ1v) is 9.03. The monoisotopic (exact) mass is 424 g/mol. The van der Waals surface area contributed by atoms with Crippen molar-refractivity contribution in [2.75, 3.05) is 0 Å². The van der Waals surface area contributed by atoms with Gasteiger partial charge in [-0.2, -0.15) is 5.26 Å². The third kappa shape index (κ3) is 4.48. The van der Waals surface area contributed by atoms with Gasteiger partial charge in [0.05, 0.1) is 27.6 Å². The third-order valence-electron chi connectivity index (χ3n) is 3.96. The second kappa shape index (κ2) is 8.65. The summed E-state index contributed by atoms with van der Waals surface area (Å²) >= 11 is 1.35. The van der Waals surface area contributed by atoms with Crippen LogP contribution in [0.3, 0.4) is 0 Å². The Morgan fingerprint density at radius 1 is 1.17 bits per heavy atom. The number of allylic oxidation sites excluding steroid dienone is 1. The predicted octanol–water partition coefficient (Wildman–Crippen LogP) is 5.70. The van der Waals surface area contributed by atoms with E-state index in [-0.39, 0.29) is 18.1 Å². The van der Waals surface area contributed by atoms with E-state index in [9.17, 15) is 15.4 Å². The van der Waals surface area contributed by atoms with Crippen LogP contribution in [0.5, 0.6) is 0 Å². The Bertz CT molecular complexity index is 1210. The van der Waals surface area contributed by atoms with Gasteiger partial charge in [-0.25, -0.2) is 4.98 Å². The number of halogens is 1. The number of nitriles is 1. The molecule has 144 valence electrons. The summed E-state index contributed by atoms with van der Waals surface area (Å²) in [4.78, 5) is 18.0. The number of non-ortho nitro benzene ring substituents is 1. The van der Waals surface area contributed by atoms with Gasteiger partial charge in [-0.1, -0.05) is 12.1 Å². The molecule has 9 heteroatoms. The van der Waals surface area contributed by atoms with Gasteiger partial charge in [-0.3, -0.25) is 10.1 Å². The summed E-state index contributed by atoms with van der Waals surface area (Å²) in [6.45, 7) is 0. The first-order valence-electron chi connectivity index (χ1n) is 8.21. The van der Waals surface area contributed by atoms with Crippen molar-refractivity contribution < 1.29 is 9.34 Å². The van der Waals surface area contributed by atoms with Crippen LogP contribution in [0.1, 0.15) is 11.3 Å². The summed E-state index contributed by atoms with van der Waals surface area (Å²) < 4.78 is 5.77. The fraction of sp³-hybridized carbons (Fsp3) is 0. The summed E-state index contributed by atoms with van der Waals surface area (Å²) in [5.74, 6) is 0.508. The smallest absolute Gasteiger partial charge is 0.269 e. The predicted molar refractivity (Wildman–Crippen MR) is 113 cm³/mol. The molecule has 0 aliphatic heterocycles. The Kier molecular flexibility index (Phi) is 6.02. The highest BCUT2D eigenvalue weighted by molar-refractivity contribution is 7.99. The molecule has 0 atom stereocenters. The van der Waals surface area contributed by atoms with Gasteiger partial charge in [0.15, 0.2) is 10.2 Å². The summed E-state index contributed by atoms with van der Waals surface area (Å²) in [5.41, 5.74) is 2.73. The zero-order valence-electron chi connectivity index (χ0n) is 14.7. The third-order valence-corrected chi connectivity index (χ3v) is 4.77. The molecule has 0 spiro atoms. The fourth-order valence-corrected chi connectivity index (χ4v) is 3.39. The Labute approximate surface area is 175 Å². The molecule has 2 heterocycles. The number of hydrogen-bond acceptors (Lipinski definition) is 6. The van der Waals surface area contributed by atoms with Crippen LogP contribution in [0.4, 0.5) is 5.69 Å². The molecule has 29 heavy (non-hydrogen) atoms. The van der Waals surface area contributed by atoms with E-state index in [1.165, 1.54) is 23.9 Å². The van der Waals surface area contributed by atoms with Crippen molar-refractivity contribution in [2.45, 2.75) is 10.2 Å². The Hall–Kier alpha value is -3.54. The van der Waals surface area contributed by atoms with Crippen molar-refractivity contribution in [3.8, 4) is 6.07 Å². The Balaban J connectivity index is 0.00000240. The molecule has 0 radical (unpaired) electrons. The van der Waals surface area contributed by atoms with Crippen LogP contribution in [-0.4, -0.2) is 14.9 Å². The van der Waals surface area contributed by atoms with Crippen molar-refractivity contribution in [3.63, 3.8) is 0 Å². The molecule has 0 saturated carbocycles. The highest BCUT2D eigenvalue weighted by Crippen LogP contribution is 2.30. The van der Waals surface area contributed by atoms with Gasteiger partial charge in [-0.05, 0) is 59.8 Å². The van der Waals surface area contributed by atoms with E-state index < -0.39 is 4.92 Å². The number of hydrogen-bond donors (Lipinski definition) is 1. The summed E-state index contributed by atoms with van der Waals surface area (Å²) in [6, 6.07) is 19.2. The molecule has 4 rings (SSSR count). The van der Waals surface area contributed by atoms with E-state index in [2.05, 4.69) is 16.0 Å². The molecule has 0 saturated heterocycles. The number of nitro groups is 1. The van der Waals surface area contributed by atoms with E-state index in [1.807, 2.05) is 24.3 Å². The lowest BCUT2D eigenvalue weighted by Gasteiger charge is -1.98. The second-order valence-corrected chi connectivity index (χ2v) is 6.78. The summed E-state index contributed by atoms with van der Waals surface area (Å²) in [6.07, 6.45) is 1.60. The lowest BCUT2D eigenvalue weighted by Crippen LogP contribution is -1.88. The molecule has 7 nitrogen and oxygen atoms in total. The van der Waals surface area contributed by atoms with Crippen LogP contribution in [0.25, 0.3) is 22.7 Å². The van der Waals surface area contributed by atoms with Crippen molar-refractivity contribution in [3.05, 3.63) is 82.1 Å².